The van der Waals surface area contributed by atoms with Crippen molar-refractivity contribution >= 4 is 28.5 Å². The molecule has 0 atom stereocenters. The van der Waals surface area contributed by atoms with Gasteiger partial charge >= 0.3 is 0 Å². The number of methoxy groups -OCH3 is 1. The van der Waals surface area contributed by atoms with E-state index in [9.17, 15) is 4.79 Å². The maximum absolute atomic E-state index is 13.4. The maximum Gasteiger partial charge on any atom is 0.254 e. The highest BCUT2D eigenvalue weighted by atomic mass is 127. The molecule has 0 unspecified atom stereocenters. The molecule has 0 fully saturated rings. The van der Waals surface area contributed by atoms with Crippen LogP contribution in [0.25, 0.3) is 0 Å². The van der Waals surface area contributed by atoms with E-state index in [2.05, 4.69) is 22.6 Å². The molecule has 0 aliphatic carbocycles. The first-order valence-corrected chi connectivity index (χ1v) is 11.6. The lowest BCUT2D eigenvalue weighted by molar-refractivity contribution is 0.0747. The van der Waals surface area contributed by atoms with Crippen molar-refractivity contribution in [1.82, 2.24) is 4.90 Å². The fraction of sp³-hybridized carbons (Fsp3) is 0.240. The molecule has 0 saturated heterocycles. The average molecular weight is 560 g/mol. The van der Waals surface area contributed by atoms with E-state index in [-0.39, 0.29) is 12.7 Å². The molecule has 3 aromatic rings. The SMILES string of the molecule is COc1cc(C(=O)N(CCN)Cc2cc3c(cc2I)OCO3)ccc1OCc1ccccc1. The van der Waals surface area contributed by atoms with Gasteiger partial charge in [-0.1, -0.05) is 30.3 Å². The molecule has 2 N–H and O–H groups in total. The summed E-state index contributed by atoms with van der Waals surface area (Å²) in [5.74, 6) is 2.35. The van der Waals surface area contributed by atoms with Gasteiger partial charge in [-0.25, -0.2) is 0 Å². The summed E-state index contributed by atoms with van der Waals surface area (Å²) in [6.07, 6.45) is 0. The van der Waals surface area contributed by atoms with E-state index in [1.165, 1.54) is 0 Å². The van der Waals surface area contributed by atoms with Crippen molar-refractivity contribution in [3.05, 3.63) is 80.9 Å². The Morgan fingerprint density at radius 3 is 2.55 bits per heavy atom. The molecule has 7 nitrogen and oxygen atoms in total. The number of amides is 1. The Balaban J connectivity index is 1.52. The van der Waals surface area contributed by atoms with E-state index in [0.29, 0.717) is 49.1 Å². The van der Waals surface area contributed by atoms with Crippen molar-refractivity contribution in [3.8, 4) is 23.0 Å². The van der Waals surface area contributed by atoms with Crippen LogP contribution in [-0.4, -0.2) is 37.8 Å². The minimum atomic E-state index is -0.137. The van der Waals surface area contributed by atoms with Gasteiger partial charge < -0.3 is 29.6 Å². The van der Waals surface area contributed by atoms with Crippen molar-refractivity contribution in [2.24, 2.45) is 5.73 Å². The molecule has 1 amide bonds. The van der Waals surface area contributed by atoms with Crippen molar-refractivity contribution in [1.29, 1.82) is 0 Å². The van der Waals surface area contributed by atoms with Crippen LogP contribution in [0.4, 0.5) is 0 Å². The standard InChI is InChI=1S/C25H25IN2O5/c1-30-22-11-18(7-8-21(22)31-15-17-5-3-2-4-6-17)25(29)28(10-9-27)14-19-12-23-24(13-20(19)26)33-16-32-23/h2-8,11-13H,9-10,14-16,27H2,1H3. The monoisotopic (exact) mass is 560 g/mol. The van der Waals surface area contributed by atoms with Crippen molar-refractivity contribution in [2.75, 3.05) is 27.0 Å². The third kappa shape index (κ3) is 5.51. The highest BCUT2D eigenvalue weighted by Gasteiger charge is 2.22. The number of halogens is 1. The fourth-order valence-corrected chi connectivity index (χ4v) is 4.14. The summed E-state index contributed by atoms with van der Waals surface area (Å²) in [4.78, 5) is 15.1. The molecule has 1 heterocycles. The molecule has 0 aromatic heterocycles. The summed E-state index contributed by atoms with van der Waals surface area (Å²) < 4.78 is 23.3. The number of ether oxygens (including phenoxy) is 4. The Hall–Kier alpha value is -2.98. The number of hydrogen-bond acceptors (Lipinski definition) is 6. The average Bonchev–Trinajstić information content (AvgIpc) is 3.29. The van der Waals surface area contributed by atoms with E-state index in [1.54, 1.807) is 30.2 Å². The van der Waals surface area contributed by atoms with Crippen LogP contribution in [0.1, 0.15) is 21.5 Å². The minimum Gasteiger partial charge on any atom is -0.493 e. The largest absolute Gasteiger partial charge is 0.493 e. The van der Waals surface area contributed by atoms with E-state index >= 15 is 0 Å². The van der Waals surface area contributed by atoms with Crippen LogP contribution in [0, 0.1) is 3.57 Å². The lowest BCUT2D eigenvalue weighted by Crippen LogP contribution is -2.35. The summed E-state index contributed by atoms with van der Waals surface area (Å²) in [7, 11) is 1.56. The first-order valence-electron chi connectivity index (χ1n) is 10.5. The summed E-state index contributed by atoms with van der Waals surface area (Å²) in [5.41, 5.74) is 8.34. The van der Waals surface area contributed by atoms with Crippen LogP contribution in [0.15, 0.2) is 60.7 Å². The number of rotatable bonds is 9. The van der Waals surface area contributed by atoms with Gasteiger partial charge in [-0.3, -0.25) is 4.79 Å². The second kappa shape index (κ2) is 10.8. The Kier molecular flexibility index (Phi) is 7.56. The summed E-state index contributed by atoms with van der Waals surface area (Å²) in [6.45, 7) is 1.78. The van der Waals surface area contributed by atoms with Crippen LogP contribution >= 0.6 is 22.6 Å². The zero-order valence-corrected chi connectivity index (χ0v) is 20.4. The van der Waals surface area contributed by atoms with Crippen LogP contribution in [-0.2, 0) is 13.2 Å². The van der Waals surface area contributed by atoms with Gasteiger partial charge in [0.05, 0.1) is 7.11 Å². The molecule has 0 radical (unpaired) electrons. The molecular formula is C25H25IN2O5. The van der Waals surface area contributed by atoms with Crippen molar-refractivity contribution < 1.29 is 23.7 Å². The second-order valence-corrected chi connectivity index (χ2v) is 8.61. The second-order valence-electron chi connectivity index (χ2n) is 7.45. The van der Waals surface area contributed by atoms with Gasteiger partial charge in [-0.15, -0.1) is 0 Å². The first kappa shape index (κ1) is 23.2. The molecule has 0 saturated carbocycles. The molecule has 4 rings (SSSR count). The quantitative estimate of drug-likeness (QED) is 0.395. The van der Waals surface area contributed by atoms with E-state index in [4.69, 9.17) is 24.7 Å². The van der Waals surface area contributed by atoms with E-state index in [1.807, 2.05) is 42.5 Å². The minimum absolute atomic E-state index is 0.137. The molecule has 1 aliphatic rings. The summed E-state index contributed by atoms with van der Waals surface area (Å²) >= 11 is 2.24. The molecule has 172 valence electrons. The smallest absolute Gasteiger partial charge is 0.254 e. The normalized spacial score (nSPS) is 11.8. The summed E-state index contributed by atoms with van der Waals surface area (Å²) in [5, 5.41) is 0. The highest BCUT2D eigenvalue weighted by Crippen LogP contribution is 2.36. The van der Waals surface area contributed by atoms with Gasteiger partial charge in [0, 0.05) is 28.8 Å². The number of benzene rings is 3. The number of carbonyl (C=O) groups excluding carboxylic acids is 1. The van der Waals surface area contributed by atoms with Gasteiger partial charge in [-0.2, -0.15) is 0 Å². The van der Waals surface area contributed by atoms with Gasteiger partial charge in [0.15, 0.2) is 23.0 Å². The Morgan fingerprint density at radius 1 is 1.06 bits per heavy atom. The van der Waals surface area contributed by atoms with Crippen LogP contribution in [0.2, 0.25) is 0 Å². The van der Waals surface area contributed by atoms with Gasteiger partial charge in [0.25, 0.3) is 5.91 Å². The number of fused-ring (bicyclic) bond motifs is 1. The molecule has 3 aromatic carbocycles. The number of nitrogens with zero attached hydrogens (tertiary/aromatic N) is 1. The van der Waals surface area contributed by atoms with Crippen molar-refractivity contribution in [2.45, 2.75) is 13.2 Å². The van der Waals surface area contributed by atoms with Crippen molar-refractivity contribution in [3.63, 3.8) is 0 Å². The Morgan fingerprint density at radius 2 is 1.82 bits per heavy atom. The van der Waals surface area contributed by atoms with Gasteiger partial charge in [0.2, 0.25) is 6.79 Å². The third-order valence-electron chi connectivity index (χ3n) is 5.24. The lowest BCUT2D eigenvalue weighted by atomic mass is 10.1. The number of nitrogens with two attached hydrogens (primary N) is 1. The van der Waals surface area contributed by atoms with E-state index in [0.717, 1.165) is 20.4 Å². The number of hydrogen-bond donors (Lipinski definition) is 1. The Bertz CT molecular complexity index is 1120. The zero-order chi connectivity index (χ0) is 23.2. The molecular weight excluding hydrogens is 535 g/mol. The molecule has 33 heavy (non-hydrogen) atoms. The highest BCUT2D eigenvalue weighted by molar-refractivity contribution is 14.1. The van der Waals surface area contributed by atoms with Gasteiger partial charge in [0.1, 0.15) is 6.61 Å². The van der Waals surface area contributed by atoms with Crippen LogP contribution < -0.4 is 24.7 Å². The maximum atomic E-state index is 13.4. The summed E-state index contributed by atoms with van der Waals surface area (Å²) in [6, 6.07) is 18.9. The van der Waals surface area contributed by atoms with Crippen LogP contribution in [0.3, 0.4) is 0 Å². The fourth-order valence-electron chi connectivity index (χ4n) is 3.53. The number of carbonyl (C=O) groups is 1. The lowest BCUT2D eigenvalue weighted by Gasteiger charge is -2.23. The molecule has 8 heteroatoms. The first-order chi connectivity index (χ1) is 16.1. The van der Waals surface area contributed by atoms with E-state index < -0.39 is 0 Å². The molecule has 0 bridgehead atoms. The Labute approximate surface area is 206 Å². The zero-order valence-electron chi connectivity index (χ0n) is 18.3. The predicted molar refractivity (Wildman–Crippen MR) is 133 cm³/mol. The van der Waals surface area contributed by atoms with Crippen LogP contribution in [0.5, 0.6) is 23.0 Å². The third-order valence-corrected chi connectivity index (χ3v) is 6.24. The predicted octanol–water partition coefficient (Wildman–Crippen LogP) is 4.21. The topological polar surface area (TPSA) is 83.3 Å². The molecule has 1 aliphatic heterocycles. The molecule has 0 spiro atoms. The van der Waals surface area contributed by atoms with Gasteiger partial charge in [-0.05, 0) is 64.0 Å².